The van der Waals surface area contributed by atoms with Gasteiger partial charge in [-0.05, 0) is 43.7 Å². The molecule has 1 aromatic heterocycles. The number of H-pyrrole nitrogens is 1. The van der Waals surface area contributed by atoms with Crippen molar-refractivity contribution in [2.45, 2.75) is 18.8 Å². The highest BCUT2D eigenvalue weighted by Gasteiger charge is 2.24. The third-order valence-electron chi connectivity index (χ3n) is 4.51. The molecule has 27 heavy (non-hydrogen) atoms. The molecule has 7 heteroatoms. The molecule has 0 radical (unpaired) electrons. The summed E-state index contributed by atoms with van der Waals surface area (Å²) in [5.74, 6) is 6.04. The molecule has 0 aliphatic carbocycles. The van der Waals surface area contributed by atoms with Gasteiger partial charge in [0.15, 0.2) is 0 Å². The highest BCUT2D eigenvalue weighted by Crippen LogP contribution is 2.30. The number of piperidine rings is 1. The number of amides is 1. The molecule has 0 bridgehead atoms. The van der Waals surface area contributed by atoms with E-state index in [-0.39, 0.29) is 24.2 Å². The summed E-state index contributed by atoms with van der Waals surface area (Å²) in [6.45, 7) is 2.48. The molecular weight excluding hydrogens is 347 g/mol. The molecule has 6 nitrogen and oxygen atoms in total. The number of rotatable bonds is 5. The molecule has 3 rings (SSSR count). The largest absolute Gasteiger partial charge is 0.375 e. The van der Waals surface area contributed by atoms with Crippen LogP contribution in [0.4, 0.5) is 10.1 Å². The lowest BCUT2D eigenvalue weighted by Gasteiger charge is -2.31. The van der Waals surface area contributed by atoms with Crippen LogP contribution >= 0.6 is 0 Å². The molecule has 1 amide bonds. The van der Waals surface area contributed by atoms with Crippen molar-refractivity contribution in [3.8, 4) is 11.8 Å². The van der Waals surface area contributed by atoms with Gasteiger partial charge >= 0.3 is 0 Å². The number of likely N-dealkylation sites (tertiary alicyclic amines) is 1. The van der Waals surface area contributed by atoms with Crippen LogP contribution in [0.5, 0.6) is 0 Å². The highest BCUT2D eigenvalue weighted by atomic mass is 19.1. The highest BCUT2D eigenvalue weighted by molar-refractivity contribution is 5.92. The van der Waals surface area contributed by atoms with Gasteiger partial charge in [-0.3, -0.25) is 14.8 Å². The van der Waals surface area contributed by atoms with Crippen molar-refractivity contribution in [2.75, 3.05) is 38.7 Å². The molecule has 1 fully saturated rings. The van der Waals surface area contributed by atoms with Crippen molar-refractivity contribution < 1.29 is 13.9 Å². The molecule has 0 saturated carbocycles. The molecule has 2 N–H and O–H groups in total. The number of aromatic nitrogens is 2. The van der Waals surface area contributed by atoms with Gasteiger partial charge in [0.05, 0.1) is 24.1 Å². The summed E-state index contributed by atoms with van der Waals surface area (Å²) < 4.78 is 17.8. The van der Waals surface area contributed by atoms with E-state index in [1.54, 1.807) is 18.3 Å². The van der Waals surface area contributed by atoms with Gasteiger partial charge in [0.2, 0.25) is 5.91 Å². The van der Waals surface area contributed by atoms with Crippen LogP contribution in [0.1, 0.15) is 30.0 Å². The first-order valence-electron chi connectivity index (χ1n) is 8.94. The van der Waals surface area contributed by atoms with Gasteiger partial charge in [-0.15, -0.1) is 0 Å². The number of hydrogen-bond acceptors (Lipinski definition) is 4. The van der Waals surface area contributed by atoms with Crippen LogP contribution in [-0.4, -0.2) is 54.4 Å². The van der Waals surface area contributed by atoms with Gasteiger partial charge < -0.3 is 10.1 Å². The van der Waals surface area contributed by atoms with E-state index in [4.69, 9.17) is 4.74 Å². The predicted octanol–water partition coefficient (Wildman–Crippen LogP) is 2.36. The number of nitrogens with zero attached hydrogens (tertiary/aromatic N) is 2. The number of hydrogen-bond donors (Lipinski definition) is 2. The van der Waals surface area contributed by atoms with Crippen LogP contribution in [0.15, 0.2) is 30.5 Å². The summed E-state index contributed by atoms with van der Waals surface area (Å²) in [4.78, 5) is 14.1. The summed E-state index contributed by atoms with van der Waals surface area (Å²) in [6.07, 6.45) is 3.71. The predicted molar refractivity (Wildman–Crippen MR) is 101 cm³/mol. The number of anilines is 1. The Hall–Kier alpha value is -2.69. The fourth-order valence-corrected chi connectivity index (χ4v) is 3.25. The number of ether oxygens (including phenoxy) is 1. The normalized spacial score (nSPS) is 17.2. The minimum absolute atomic E-state index is 0.0143. The minimum atomic E-state index is -0.257. The van der Waals surface area contributed by atoms with Gasteiger partial charge in [-0.25, -0.2) is 4.39 Å². The molecule has 2 aromatic rings. The second-order valence-electron chi connectivity index (χ2n) is 6.56. The maximum absolute atomic E-state index is 12.9. The van der Waals surface area contributed by atoms with Crippen molar-refractivity contribution in [3.05, 3.63) is 47.5 Å². The third kappa shape index (κ3) is 5.39. The van der Waals surface area contributed by atoms with Gasteiger partial charge in [-0.2, -0.15) is 5.10 Å². The van der Waals surface area contributed by atoms with Crippen molar-refractivity contribution in [1.29, 1.82) is 0 Å². The Morgan fingerprint density at radius 2 is 2.26 bits per heavy atom. The number of nitrogens with one attached hydrogen (secondary N) is 2. The average Bonchev–Trinajstić information content (AvgIpc) is 3.12. The van der Waals surface area contributed by atoms with Crippen LogP contribution in [0, 0.1) is 17.7 Å². The first-order chi connectivity index (χ1) is 13.2. The first kappa shape index (κ1) is 19.1. The molecule has 0 spiro atoms. The number of carbonyl (C=O) groups is 1. The van der Waals surface area contributed by atoms with E-state index in [0.29, 0.717) is 12.2 Å². The number of carbonyl (C=O) groups excluding carboxylic acids is 1. The van der Waals surface area contributed by atoms with E-state index in [1.165, 1.54) is 19.2 Å². The second-order valence-corrected chi connectivity index (χ2v) is 6.56. The third-order valence-corrected chi connectivity index (χ3v) is 4.51. The Bertz CT molecular complexity index is 822. The van der Waals surface area contributed by atoms with Gasteiger partial charge in [-0.1, -0.05) is 11.8 Å². The van der Waals surface area contributed by atoms with Crippen molar-refractivity contribution in [3.63, 3.8) is 0 Å². The summed E-state index contributed by atoms with van der Waals surface area (Å²) >= 11 is 0. The lowest BCUT2D eigenvalue weighted by molar-refractivity contribution is -0.119. The summed E-state index contributed by atoms with van der Waals surface area (Å²) in [6, 6.07) is 6.19. The molecule has 1 atom stereocenters. The molecule has 1 saturated heterocycles. The quantitative estimate of drug-likeness (QED) is 0.793. The molecule has 1 aliphatic heterocycles. The van der Waals surface area contributed by atoms with Gasteiger partial charge in [0.1, 0.15) is 12.4 Å². The Morgan fingerprint density at radius 1 is 1.44 bits per heavy atom. The fraction of sp³-hybridized carbons (Fsp3) is 0.400. The molecule has 1 aliphatic rings. The van der Waals surface area contributed by atoms with Gasteiger partial charge in [0.25, 0.3) is 0 Å². The molecular formula is C20H23FN4O2. The molecule has 142 valence electrons. The Labute approximate surface area is 158 Å². The zero-order chi connectivity index (χ0) is 19.1. The number of aromatic amines is 1. The molecule has 2 heterocycles. The zero-order valence-corrected chi connectivity index (χ0v) is 15.3. The summed E-state index contributed by atoms with van der Waals surface area (Å²) in [5.41, 5.74) is 2.46. The Balaban J connectivity index is 1.59. The lowest BCUT2D eigenvalue weighted by Crippen LogP contribution is -2.35. The monoisotopic (exact) mass is 370 g/mol. The smallest absolute Gasteiger partial charge is 0.250 e. The van der Waals surface area contributed by atoms with Crippen LogP contribution in [0.25, 0.3) is 0 Å². The Kier molecular flexibility index (Phi) is 6.58. The van der Waals surface area contributed by atoms with Crippen molar-refractivity contribution in [2.24, 2.45) is 0 Å². The van der Waals surface area contributed by atoms with E-state index >= 15 is 0 Å². The Morgan fingerprint density at radius 3 is 3.04 bits per heavy atom. The van der Waals surface area contributed by atoms with Gasteiger partial charge in [0, 0.05) is 25.1 Å². The van der Waals surface area contributed by atoms with Crippen LogP contribution in [-0.2, 0) is 9.53 Å². The zero-order valence-electron chi connectivity index (χ0n) is 15.3. The molecule has 1 aromatic carbocycles. The van der Waals surface area contributed by atoms with E-state index in [2.05, 4.69) is 32.3 Å². The van der Waals surface area contributed by atoms with Crippen molar-refractivity contribution >= 4 is 11.6 Å². The van der Waals surface area contributed by atoms with Crippen molar-refractivity contribution in [1.82, 2.24) is 15.1 Å². The SMILES string of the molecule is COCC(=O)Nc1cn[nH]c1[C@H]1CCCN(CC#Cc2ccc(F)cc2)C1. The van der Waals surface area contributed by atoms with E-state index in [0.717, 1.165) is 37.2 Å². The maximum atomic E-state index is 12.9. The van der Waals surface area contributed by atoms with Crippen LogP contribution in [0.2, 0.25) is 0 Å². The minimum Gasteiger partial charge on any atom is -0.375 e. The maximum Gasteiger partial charge on any atom is 0.250 e. The first-order valence-corrected chi connectivity index (χ1v) is 8.94. The van der Waals surface area contributed by atoms with E-state index in [1.807, 2.05) is 0 Å². The second kappa shape index (κ2) is 9.31. The lowest BCUT2D eigenvalue weighted by atomic mass is 9.94. The van der Waals surface area contributed by atoms with Crippen LogP contribution < -0.4 is 5.32 Å². The number of benzene rings is 1. The summed E-state index contributed by atoms with van der Waals surface area (Å²) in [7, 11) is 1.49. The van der Waals surface area contributed by atoms with E-state index in [9.17, 15) is 9.18 Å². The summed E-state index contributed by atoms with van der Waals surface area (Å²) in [5, 5.41) is 9.95. The van der Waals surface area contributed by atoms with Crippen LogP contribution in [0.3, 0.4) is 0 Å². The number of methoxy groups -OCH3 is 1. The average molecular weight is 370 g/mol. The van der Waals surface area contributed by atoms with E-state index < -0.39 is 0 Å². The topological polar surface area (TPSA) is 70.2 Å². The molecule has 0 unspecified atom stereocenters. The standard InChI is InChI=1S/C20H23FN4O2/c1-27-14-19(26)23-18-12-22-24-20(18)16-5-3-11-25(13-16)10-2-4-15-6-8-17(21)9-7-15/h6-9,12,16H,3,5,10-11,13-14H2,1H3,(H,22,24)(H,23,26)/t16-/m0/s1. The number of halogens is 1. The fourth-order valence-electron chi connectivity index (χ4n) is 3.25.